The van der Waals surface area contributed by atoms with E-state index in [-0.39, 0.29) is 0 Å². The normalized spacial score (nSPS) is 9.40. The predicted octanol–water partition coefficient (Wildman–Crippen LogP) is 0.494. The number of rotatable bonds is 7. The van der Waals surface area contributed by atoms with E-state index in [0.29, 0.717) is 6.54 Å². The maximum Gasteiger partial charge on any atom is 0.340 e. The molecule has 0 aromatic carbocycles. The van der Waals surface area contributed by atoms with E-state index in [4.69, 9.17) is 5.11 Å². The van der Waals surface area contributed by atoms with E-state index in [1.807, 2.05) is 0 Å². The van der Waals surface area contributed by atoms with Crippen molar-refractivity contribution in [3.63, 3.8) is 0 Å². The molecule has 0 saturated heterocycles. The second-order valence-corrected chi connectivity index (χ2v) is 2.55. The molecule has 0 aliphatic heterocycles. The van der Waals surface area contributed by atoms with Crippen molar-refractivity contribution in [1.82, 2.24) is 10.4 Å². The third kappa shape index (κ3) is 4.78. The predicted molar refractivity (Wildman–Crippen MR) is 56.3 cm³/mol. The number of nitrogens with one attached hydrogen (secondary N) is 1. The Hall–Kier alpha value is -1.88. The van der Waals surface area contributed by atoms with Crippen LogP contribution in [0.25, 0.3) is 0 Å². The highest BCUT2D eigenvalue weighted by Crippen LogP contribution is 1.94. The molecule has 5 nitrogen and oxygen atoms in total. The van der Waals surface area contributed by atoms with Gasteiger partial charge in [-0.15, -0.1) is 13.2 Å². The molecular formula is C10H13N2O3. The van der Waals surface area contributed by atoms with Crippen molar-refractivity contribution in [2.45, 2.75) is 0 Å². The third-order valence-electron chi connectivity index (χ3n) is 1.39. The Bertz CT molecular complexity index is 287. The summed E-state index contributed by atoms with van der Waals surface area (Å²) in [6, 6.07) is 0. The molecule has 0 aromatic rings. The SMILES string of the molecule is C=C[CH]N(CC=C)NC(=O)C(=C)C(=O)O. The van der Waals surface area contributed by atoms with Gasteiger partial charge >= 0.3 is 5.97 Å². The van der Waals surface area contributed by atoms with Gasteiger partial charge in [0.2, 0.25) is 0 Å². The number of carboxylic acids is 1. The van der Waals surface area contributed by atoms with Gasteiger partial charge in [-0.25, -0.2) is 9.80 Å². The minimum Gasteiger partial charge on any atom is -0.478 e. The fourth-order valence-corrected chi connectivity index (χ4v) is 0.705. The van der Waals surface area contributed by atoms with Crippen molar-refractivity contribution in [3.05, 3.63) is 44.0 Å². The highest BCUT2D eigenvalue weighted by atomic mass is 16.4. The third-order valence-corrected chi connectivity index (χ3v) is 1.39. The molecule has 5 heteroatoms. The Kier molecular flexibility index (Phi) is 5.73. The molecule has 0 unspecified atom stereocenters. The first kappa shape index (κ1) is 13.1. The molecule has 0 heterocycles. The Morgan fingerprint density at radius 2 is 2.00 bits per heavy atom. The monoisotopic (exact) mass is 209 g/mol. The van der Waals surface area contributed by atoms with Crippen LogP contribution in [-0.4, -0.2) is 28.5 Å². The first-order valence-electron chi connectivity index (χ1n) is 4.09. The fraction of sp³-hybridized carbons (Fsp3) is 0.100. The lowest BCUT2D eigenvalue weighted by Gasteiger charge is -2.18. The van der Waals surface area contributed by atoms with Crippen LogP contribution in [0.2, 0.25) is 0 Å². The van der Waals surface area contributed by atoms with Crippen LogP contribution in [0.4, 0.5) is 0 Å². The zero-order valence-corrected chi connectivity index (χ0v) is 8.27. The summed E-state index contributed by atoms with van der Waals surface area (Å²) in [5.41, 5.74) is 1.79. The molecule has 15 heavy (non-hydrogen) atoms. The number of carbonyl (C=O) groups is 2. The van der Waals surface area contributed by atoms with Crippen molar-refractivity contribution in [2.75, 3.05) is 6.54 Å². The summed E-state index contributed by atoms with van der Waals surface area (Å²) in [6.07, 6.45) is 3.00. The molecule has 0 fully saturated rings. The zero-order valence-electron chi connectivity index (χ0n) is 8.27. The van der Waals surface area contributed by atoms with E-state index in [2.05, 4.69) is 25.2 Å². The molecule has 1 radical (unpaired) electrons. The van der Waals surface area contributed by atoms with Gasteiger partial charge in [-0.05, 0) is 0 Å². The van der Waals surface area contributed by atoms with E-state index in [1.54, 1.807) is 6.08 Å². The summed E-state index contributed by atoms with van der Waals surface area (Å²) >= 11 is 0. The van der Waals surface area contributed by atoms with Crippen molar-refractivity contribution >= 4 is 11.9 Å². The van der Waals surface area contributed by atoms with E-state index in [0.717, 1.165) is 0 Å². The Balaban J connectivity index is 4.33. The van der Waals surface area contributed by atoms with Gasteiger partial charge < -0.3 is 5.11 Å². The molecule has 0 saturated carbocycles. The van der Waals surface area contributed by atoms with Gasteiger partial charge in [-0.2, -0.15) is 0 Å². The first-order chi connectivity index (χ1) is 7.02. The van der Waals surface area contributed by atoms with E-state index < -0.39 is 17.4 Å². The quantitative estimate of drug-likeness (QED) is 0.210. The van der Waals surface area contributed by atoms with E-state index >= 15 is 0 Å². The Labute approximate surface area is 88.4 Å². The van der Waals surface area contributed by atoms with Crippen LogP contribution in [0.15, 0.2) is 37.5 Å². The number of aliphatic carboxylic acids is 1. The number of carbonyl (C=O) groups excluding carboxylic acids is 1. The Morgan fingerprint density at radius 1 is 1.40 bits per heavy atom. The van der Waals surface area contributed by atoms with Crippen LogP contribution in [-0.2, 0) is 9.59 Å². The average Bonchev–Trinajstić information content (AvgIpc) is 2.17. The van der Waals surface area contributed by atoms with Gasteiger partial charge in [0, 0.05) is 6.54 Å². The second-order valence-electron chi connectivity index (χ2n) is 2.55. The fourth-order valence-electron chi connectivity index (χ4n) is 0.705. The number of hydrogen-bond donors (Lipinski definition) is 2. The lowest BCUT2D eigenvalue weighted by Crippen LogP contribution is -2.41. The maximum atomic E-state index is 11.2. The molecule has 1 amide bonds. The van der Waals surface area contributed by atoms with Crippen LogP contribution < -0.4 is 5.43 Å². The van der Waals surface area contributed by atoms with Gasteiger partial charge in [0.25, 0.3) is 5.91 Å². The number of amides is 1. The molecule has 2 N–H and O–H groups in total. The van der Waals surface area contributed by atoms with Gasteiger partial charge in [0.15, 0.2) is 0 Å². The first-order valence-corrected chi connectivity index (χ1v) is 4.09. The lowest BCUT2D eigenvalue weighted by atomic mass is 10.3. The number of hydrogen-bond acceptors (Lipinski definition) is 3. The molecule has 0 rings (SSSR count). The maximum absolute atomic E-state index is 11.2. The number of nitrogens with zero attached hydrogens (tertiary/aromatic N) is 1. The number of hydrazine groups is 1. The molecule has 0 aromatic heterocycles. The molecule has 0 spiro atoms. The largest absolute Gasteiger partial charge is 0.478 e. The van der Waals surface area contributed by atoms with E-state index in [1.165, 1.54) is 17.6 Å². The minimum atomic E-state index is -1.36. The standard InChI is InChI=1S/C10H13N2O3/c1-4-6-12(7-5-2)11-9(13)8(3)10(14)15/h4-6H,1-3,7H2,(H,11,13)(H,14,15). The van der Waals surface area contributed by atoms with Crippen LogP contribution in [0.1, 0.15) is 0 Å². The number of carboxylic acid groups (broad SMARTS) is 1. The summed E-state index contributed by atoms with van der Waals surface area (Å²) in [7, 11) is 0. The zero-order chi connectivity index (χ0) is 11.8. The summed E-state index contributed by atoms with van der Waals surface area (Å²) in [6.45, 7) is 11.9. The lowest BCUT2D eigenvalue weighted by molar-refractivity contribution is -0.135. The minimum absolute atomic E-state index is 0.338. The topological polar surface area (TPSA) is 69.6 Å². The van der Waals surface area contributed by atoms with Gasteiger partial charge in [0.1, 0.15) is 5.57 Å². The molecule has 0 aliphatic carbocycles. The summed E-state index contributed by atoms with van der Waals surface area (Å²) in [5.74, 6) is -2.13. The highest BCUT2D eigenvalue weighted by Gasteiger charge is 2.16. The molecule has 0 bridgehead atoms. The van der Waals surface area contributed by atoms with Crippen LogP contribution in [0, 0.1) is 6.54 Å². The van der Waals surface area contributed by atoms with Crippen molar-refractivity contribution < 1.29 is 14.7 Å². The van der Waals surface area contributed by atoms with Gasteiger partial charge in [-0.3, -0.25) is 10.2 Å². The summed E-state index contributed by atoms with van der Waals surface area (Å²) < 4.78 is 0. The highest BCUT2D eigenvalue weighted by molar-refractivity contribution is 6.14. The summed E-state index contributed by atoms with van der Waals surface area (Å²) in [5, 5.41) is 9.84. The van der Waals surface area contributed by atoms with Crippen LogP contribution >= 0.6 is 0 Å². The summed E-state index contributed by atoms with van der Waals surface area (Å²) in [4.78, 5) is 21.6. The van der Waals surface area contributed by atoms with Gasteiger partial charge in [-0.1, -0.05) is 18.7 Å². The van der Waals surface area contributed by atoms with E-state index in [9.17, 15) is 9.59 Å². The Morgan fingerprint density at radius 3 is 2.40 bits per heavy atom. The molecule has 0 atom stereocenters. The average molecular weight is 209 g/mol. The van der Waals surface area contributed by atoms with Crippen LogP contribution in [0.5, 0.6) is 0 Å². The molecule has 81 valence electrons. The van der Waals surface area contributed by atoms with Crippen LogP contribution in [0.3, 0.4) is 0 Å². The van der Waals surface area contributed by atoms with Crippen molar-refractivity contribution in [1.29, 1.82) is 0 Å². The molecular weight excluding hydrogens is 196 g/mol. The van der Waals surface area contributed by atoms with Crippen molar-refractivity contribution in [3.8, 4) is 0 Å². The smallest absolute Gasteiger partial charge is 0.340 e. The second kappa shape index (κ2) is 6.56. The van der Waals surface area contributed by atoms with Gasteiger partial charge in [0.05, 0.1) is 6.54 Å². The van der Waals surface area contributed by atoms with Crippen molar-refractivity contribution in [2.24, 2.45) is 0 Å². The molecule has 0 aliphatic rings.